The first-order chi connectivity index (χ1) is 17.9. The summed E-state index contributed by atoms with van der Waals surface area (Å²) in [6, 6.07) is 12.3. The Hall–Kier alpha value is -3.97. The van der Waals surface area contributed by atoms with Crippen LogP contribution in [0.15, 0.2) is 69.2 Å². The Kier molecular flexibility index (Phi) is 7.42. The zero-order valence-corrected chi connectivity index (χ0v) is 21.9. The van der Waals surface area contributed by atoms with Crippen molar-refractivity contribution in [3.8, 4) is 16.8 Å². The maximum atomic E-state index is 14.6. The number of alkyl halides is 1. The van der Waals surface area contributed by atoms with Crippen LogP contribution in [0.1, 0.15) is 16.7 Å². The molecule has 0 bridgehead atoms. The highest BCUT2D eigenvalue weighted by molar-refractivity contribution is 9.08. The number of sulfone groups is 1. The van der Waals surface area contributed by atoms with Gasteiger partial charge < -0.3 is 0 Å². The maximum absolute atomic E-state index is 14.6. The topological polar surface area (TPSA) is 132 Å². The summed E-state index contributed by atoms with van der Waals surface area (Å²) in [6.07, 6.45) is 1.63. The Balaban J connectivity index is 2.17. The number of nitrogens with one attached hydrogen (secondary N) is 1. The lowest BCUT2D eigenvalue weighted by Crippen LogP contribution is -2.29. The predicted octanol–water partition coefficient (Wildman–Crippen LogP) is 4.07. The summed E-state index contributed by atoms with van der Waals surface area (Å²) in [5, 5.41) is 12.2. The van der Waals surface area contributed by atoms with Crippen molar-refractivity contribution in [1.82, 2.24) is 9.55 Å². The van der Waals surface area contributed by atoms with Crippen molar-refractivity contribution in [3.63, 3.8) is 0 Å². The van der Waals surface area contributed by atoms with Gasteiger partial charge in [0.05, 0.1) is 21.1 Å². The second-order valence-electron chi connectivity index (χ2n) is 8.20. The monoisotopic (exact) mass is 604 g/mol. The highest BCUT2D eigenvalue weighted by Crippen LogP contribution is 2.41. The van der Waals surface area contributed by atoms with E-state index < -0.39 is 49.8 Å². The molecule has 4 aromatic rings. The number of hydrogen-bond donors (Lipinski definition) is 1. The minimum absolute atomic E-state index is 0.0187. The number of nitrogens with zero attached hydrogens (tertiary/aromatic N) is 2. The molecule has 1 heterocycles. The van der Waals surface area contributed by atoms with Gasteiger partial charge in [0.1, 0.15) is 11.6 Å². The van der Waals surface area contributed by atoms with E-state index in [0.717, 1.165) is 35.2 Å². The van der Waals surface area contributed by atoms with Crippen LogP contribution in [-0.4, -0.2) is 29.1 Å². The van der Waals surface area contributed by atoms with Gasteiger partial charge >= 0.3 is 5.69 Å². The number of hydrogen-bond acceptors (Lipinski definition) is 6. The molecule has 195 valence electrons. The van der Waals surface area contributed by atoms with Gasteiger partial charge in [0.15, 0.2) is 9.84 Å². The zero-order chi connectivity index (χ0) is 27.8. The van der Waals surface area contributed by atoms with Crippen LogP contribution in [0.3, 0.4) is 0 Å². The van der Waals surface area contributed by atoms with Gasteiger partial charge in [-0.15, -0.1) is 0 Å². The number of rotatable bonds is 7. The summed E-state index contributed by atoms with van der Waals surface area (Å²) in [6.45, 7) is 0. The van der Waals surface area contributed by atoms with Gasteiger partial charge in [0.25, 0.3) is 11.2 Å². The van der Waals surface area contributed by atoms with Crippen molar-refractivity contribution in [2.24, 2.45) is 0 Å². The fourth-order valence-corrected chi connectivity index (χ4v) is 5.06. The van der Waals surface area contributed by atoms with Gasteiger partial charge in [0, 0.05) is 41.4 Å². The van der Waals surface area contributed by atoms with Crippen LogP contribution in [0, 0.1) is 27.8 Å². The fraction of sp³-hybridized carbons (Fsp3) is 0.120. The molecule has 9 nitrogen and oxygen atoms in total. The van der Waals surface area contributed by atoms with Crippen LogP contribution < -0.4 is 11.2 Å². The van der Waals surface area contributed by atoms with Crippen LogP contribution in [0.5, 0.6) is 0 Å². The average molecular weight is 605 g/mol. The Labute approximate surface area is 222 Å². The molecule has 0 fully saturated rings. The summed E-state index contributed by atoms with van der Waals surface area (Å²) in [5.74, 6) is -1.76. The summed E-state index contributed by atoms with van der Waals surface area (Å²) >= 11 is 3.20. The van der Waals surface area contributed by atoms with E-state index in [0.29, 0.717) is 0 Å². The molecule has 4 rings (SSSR count). The first-order valence-electron chi connectivity index (χ1n) is 10.8. The quantitative estimate of drug-likeness (QED) is 0.192. The molecule has 0 spiro atoms. The molecule has 0 aliphatic heterocycles. The number of aromatic amines is 1. The lowest BCUT2D eigenvalue weighted by Gasteiger charge is -2.19. The highest BCUT2D eigenvalue weighted by atomic mass is 79.9. The van der Waals surface area contributed by atoms with Crippen LogP contribution in [-0.2, 0) is 21.6 Å². The second kappa shape index (κ2) is 10.4. The molecule has 0 saturated carbocycles. The minimum Gasteiger partial charge on any atom is -0.274 e. The second-order valence-corrected chi connectivity index (χ2v) is 10.8. The van der Waals surface area contributed by atoms with E-state index in [1.165, 1.54) is 30.3 Å². The number of nitro benzene ring substituents is 1. The Morgan fingerprint density at radius 3 is 2.21 bits per heavy atom. The van der Waals surface area contributed by atoms with E-state index >= 15 is 0 Å². The first-order valence-corrected chi connectivity index (χ1v) is 13.8. The van der Waals surface area contributed by atoms with E-state index in [4.69, 9.17) is 0 Å². The van der Waals surface area contributed by atoms with Crippen LogP contribution in [0.4, 0.5) is 14.5 Å². The van der Waals surface area contributed by atoms with Gasteiger partial charge in [-0.25, -0.2) is 22.0 Å². The molecule has 0 aliphatic rings. The molecule has 0 amide bonds. The zero-order valence-electron chi connectivity index (χ0n) is 19.5. The van der Waals surface area contributed by atoms with Gasteiger partial charge in [-0.2, -0.15) is 0 Å². The number of halogens is 3. The molecule has 0 atom stereocenters. The van der Waals surface area contributed by atoms with Crippen molar-refractivity contribution in [2.75, 3.05) is 6.26 Å². The minimum atomic E-state index is -3.60. The van der Waals surface area contributed by atoms with E-state index in [1.54, 1.807) is 0 Å². The normalized spacial score (nSPS) is 11.5. The highest BCUT2D eigenvalue weighted by Gasteiger charge is 2.30. The summed E-state index contributed by atoms with van der Waals surface area (Å²) in [7, 11) is -3.60. The SMILES string of the molecule is CS(=O)(=O)c1ccc(-c2c(-n3ccc(=O)[nH]c3=O)c(Cc3c(F)cccc3F)[c]c(CBr)c2[N+](=O)[O-])cc1. The van der Waals surface area contributed by atoms with E-state index in [1.807, 2.05) is 0 Å². The molecule has 1 aromatic heterocycles. The summed E-state index contributed by atoms with van der Waals surface area (Å²) in [4.78, 5) is 38.3. The van der Waals surface area contributed by atoms with Gasteiger partial charge in [-0.3, -0.25) is 24.5 Å². The molecule has 1 N–H and O–H groups in total. The Morgan fingerprint density at radius 1 is 1.05 bits per heavy atom. The van der Waals surface area contributed by atoms with Crippen molar-refractivity contribution in [3.05, 3.63) is 120 Å². The first kappa shape index (κ1) is 27.1. The van der Waals surface area contributed by atoms with Crippen LogP contribution in [0.2, 0.25) is 0 Å². The lowest BCUT2D eigenvalue weighted by atomic mass is 9.91. The average Bonchev–Trinajstić information content (AvgIpc) is 2.85. The molecule has 0 saturated heterocycles. The van der Waals surface area contributed by atoms with E-state index in [9.17, 15) is 36.9 Å². The molecule has 3 aromatic carbocycles. The predicted molar refractivity (Wildman–Crippen MR) is 138 cm³/mol. The number of H-pyrrole nitrogens is 1. The van der Waals surface area contributed by atoms with E-state index in [2.05, 4.69) is 27.0 Å². The van der Waals surface area contributed by atoms with Crippen molar-refractivity contribution < 1.29 is 22.1 Å². The standard InChI is InChI=1S/C25H17BrF2N3O6S/c1-38(36,37)17-7-5-14(6-8-17)22-23(30-10-9-21(32)29-25(30)33)15(11-16(13-26)24(22)31(34)35)12-18-19(27)3-2-4-20(18)28/h2-10H,12-13H2,1H3,(H,29,32,33). The number of benzene rings is 3. The maximum Gasteiger partial charge on any atom is 0.332 e. The Morgan fingerprint density at radius 2 is 1.68 bits per heavy atom. The molecule has 0 unspecified atom stereocenters. The molecular weight excluding hydrogens is 588 g/mol. The van der Waals surface area contributed by atoms with Gasteiger partial charge in [-0.05, 0) is 41.5 Å². The third-order valence-electron chi connectivity index (χ3n) is 5.71. The smallest absolute Gasteiger partial charge is 0.274 e. The largest absolute Gasteiger partial charge is 0.332 e. The third-order valence-corrected chi connectivity index (χ3v) is 7.40. The van der Waals surface area contributed by atoms with E-state index in [-0.39, 0.29) is 43.7 Å². The lowest BCUT2D eigenvalue weighted by molar-refractivity contribution is -0.384. The molecule has 38 heavy (non-hydrogen) atoms. The molecule has 0 aliphatic carbocycles. The summed E-state index contributed by atoms with van der Waals surface area (Å²) < 4.78 is 54.1. The molecular formula is C25H17BrF2N3O6S. The Bertz CT molecular complexity index is 1780. The van der Waals surface area contributed by atoms with Crippen molar-refractivity contribution >= 4 is 31.5 Å². The molecule has 1 radical (unpaired) electrons. The van der Waals surface area contributed by atoms with Crippen LogP contribution in [0.25, 0.3) is 16.8 Å². The van der Waals surface area contributed by atoms with Gasteiger partial charge in [-0.1, -0.05) is 34.1 Å². The number of nitro groups is 1. The van der Waals surface area contributed by atoms with Crippen molar-refractivity contribution in [2.45, 2.75) is 16.6 Å². The molecule has 13 heteroatoms. The fourth-order valence-electron chi connectivity index (χ4n) is 4.02. The van der Waals surface area contributed by atoms with Crippen LogP contribution >= 0.6 is 15.9 Å². The van der Waals surface area contributed by atoms with Gasteiger partial charge in [0.2, 0.25) is 0 Å². The number of aromatic nitrogens is 2. The summed E-state index contributed by atoms with van der Waals surface area (Å²) in [5.41, 5.74) is -2.64. The third kappa shape index (κ3) is 5.20. The van der Waals surface area contributed by atoms with Crippen molar-refractivity contribution in [1.29, 1.82) is 0 Å².